The fraction of sp³-hybridized carbons (Fsp3) is 0.500. The molecule has 2 N–H and O–H groups in total. The van der Waals surface area contributed by atoms with Crippen molar-refractivity contribution in [3.8, 4) is 5.75 Å². The Kier molecular flexibility index (Phi) is 3.73. The third-order valence-corrected chi connectivity index (χ3v) is 2.17. The molecule has 0 aliphatic heterocycles. The lowest BCUT2D eigenvalue weighted by Gasteiger charge is -2.18. The number of rotatable bonds is 3. The predicted octanol–water partition coefficient (Wildman–Crippen LogP) is 3.36. The molecule has 4 heteroatoms. The van der Waals surface area contributed by atoms with Crippen LogP contribution in [0.25, 0.3) is 0 Å². The van der Waals surface area contributed by atoms with Gasteiger partial charge in [0.2, 0.25) is 0 Å². The van der Waals surface area contributed by atoms with Crippen molar-refractivity contribution in [2.75, 3.05) is 12.3 Å². The zero-order chi connectivity index (χ0) is 12.3. The summed E-state index contributed by atoms with van der Waals surface area (Å²) in [4.78, 5) is 0. The Balaban J connectivity index is 2.67. The first-order valence-corrected chi connectivity index (χ1v) is 5.17. The van der Waals surface area contributed by atoms with Gasteiger partial charge in [0.25, 0.3) is 0 Å². The second kappa shape index (κ2) is 4.68. The molecule has 90 valence electrons. The van der Waals surface area contributed by atoms with Gasteiger partial charge in [0.15, 0.2) is 5.82 Å². The number of benzene rings is 1. The summed E-state index contributed by atoms with van der Waals surface area (Å²) in [7, 11) is 0. The maximum atomic E-state index is 13.1. The van der Waals surface area contributed by atoms with Crippen molar-refractivity contribution in [3.63, 3.8) is 0 Å². The zero-order valence-electron chi connectivity index (χ0n) is 9.81. The molecule has 0 fully saturated rings. The van der Waals surface area contributed by atoms with E-state index in [-0.39, 0.29) is 16.9 Å². The van der Waals surface area contributed by atoms with Crippen LogP contribution in [0.4, 0.5) is 14.5 Å². The molecule has 1 aromatic rings. The van der Waals surface area contributed by atoms with Crippen molar-refractivity contribution in [2.45, 2.75) is 27.2 Å². The van der Waals surface area contributed by atoms with E-state index in [9.17, 15) is 8.78 Å². The fourth-order valence-electron chi connectivity index (χ4n) is 1.15. The number of hydrogen-bond donors (Lipinski definition) is 1. The van der Waals surface area contributed by atoms with Crippen LogP contribution in [-0.2, 0) is 0 Å². The van der Waals surface area contributed by atoms with Crippen molar-refractivity contribution in [1.29, 1.82) is 0 Å². The molecular weight excluding hydrogens is 212 g/mol. The summed E-state index contributed by atoms with van der Waals surface area (Å²) >= 11 is 0. The number of halogens is 2. The summed E-state index contributed by atoms with van der Waals surface area (Å²) in [6.45, 7) is 6.57. The van der Waals surface area contributed by atoms with Crippen LogP contribution < -0.4 is 10.5 Å². The highest BCUT2D eigenvalue weighted by Gasteiger charge is 2.12. The van der Waals surface area contributed by atoms with Crippen LogP contribution in [0, 0.1) is 17.0 Å². The molecule has 2 nitrogen and oxygen atoms in total. The molecule has 0 aromatic heterocycles. The SMILES string of the molecule is CC(C)(C)CCOc1cc(F)cc(F)c1N. The lowest BCUT2D eigenvalue weighted by atomic mass is 9.93. The van der Waals surface area contributed by atoms with Crippen molar-refractivity contribution in [1.82, 2.24) is 0 Å². The van der Waals surface area contributed by atoms with Crippen molar-refractivity contribution in [3.05, 3.63) is 23.8 Å². The number of nitrogens with two attached hydrogens (primary N) is 1. The Morgan fingerprint density at radius 3 is 2.44 bits per heavy atom. The minimum absolute atomic E-state index is 0.0711. The van der Waals surface area contributed by atoms with Crippen LogP contribution in [0.5, 0.6) is 5.75 Å². The monoisotopic (exact) mass is 229 g/mol. The van der Waals surface area contributed by atoms with E-state index in [0.717, 1.165) is 18.6 Å². The highest BCUT2D eigenvalue weighted by molar-refractivity contribution is 5.53. The first-order valence-electron chi connectivity index (χ1n) is 5.17. The Labute approximate surface area is 94.4 Å². The third-order valence-electron chi connectivity index (χ3n) is 2.17. The van der Waals surface area contributed by atoms with E-state index in [4.69, 9.17) is 10.5 Å². The van der Waals surface area contributed by atoms with E-state index >= 15 is 0 Å². The number of hydrogen-bond acceptors (Lipinski definition) is 2. The lowest BCUT2D eigenvalue weighted by Crippen LogP contribution is -2.12. The Hall–Kier alpha value is -1.32. The lowest BCUT2D eigenvalue weighted by molar-refractivity contribution is 0.242. The molecule has 0 heterocycles. The van der Waals surface area contributed by atoms with Crippen LogP contribution in [-0.4, -0.2) is 6.61 Å². The van der Waals surface area contributed by atoms with Gasteiger partial charge in [-0.05, 0) is 11.8 Å². The van der Waals surface area contributed by atoms with Gasteiger partial charge in [-0.25, -0.2) is 8.78 Å². The smallest absolute Gasteiger partial charge is 0.152 e. The average Bonchev–Trinajstić information content (AvgIpc) is 2.11. The molecule has 0 aliphatic rings. The summed E-state index contributed by atoms with van der Waals surface area (Å²) in [5.74, 6) is -1.40. The van der Waals surface area contributed by atoms with Crippen LogP contribution in [0.3, 0.4) is 0 Å². The molecule has 0 saturated heterocycles. The van der Waals surface area contributed by atoms with Gasteiger partial charge in [-0.15, -0.1) is 0 Å². The van der Waals surface area contributed by atoms with Crippen molar-refractivity contribution in [2.24, 2.45) is 5.41 Å². The van der Waals surface area contributed by atoms with Crippen LogP contribution in [0.15, 0.2) is 12.1 Å². The van der Waals surface area contributed by atoms with E-state index < -0.39 is 11.6 Å². The molecule has 0 atom stereocenters. The topological polar surface area (TPSA) is 35.2 Å². The molecule has 0 radical (unpaired) electrons. The molecule has 0 bridgehead atoms. The fourth-order valence-corrected chi connectivity index (χ4v) is 1.15. The molecule has 0 aliphatic carbocycles. The minimum atomic E-state index is -0.786. The average molecular weight is 229 g/mol. The van der Waals surface area contributed by atoms with Gasteiger partial charge in [-0.2, -0.15) is 0 Å². The van der Waals surface area contributed by atoms with E-state index in [2.05, 4.69) is 20.8 Å². The summed E-state index contributed by atoms with van der Waals surface area (Å²) in [6.07, 6.45) is 0.782. The number of ether oxygens (including phenoxy) is 1. The predicted molar refractivity (Wildman–Crippen MR) is 60.3 cm³/mol. The van der Waals surface area contributed by atoms with Gasteiger partial charge in [0, 0.05) is 12.1 Å². The maximum Gasteiger partial charge on any atom is 0.152 e. The van der Waals surface area contributed by atoms with Crippen molar-refractivity contribution >= 4 is 5.69 Å². The molecule has 0 saturated carbocycles. The molecule has 0 unspecified atom stereocenters. The largest absolute Gasteiger partial charge is 0.491 e. The van der Waals surface area contributed by atoms with Gasteiger partial charge in [0.1, 0.15) is 17.3 Å². The molecule has 1 rings (SSSR count). The first-order chi connectivity index (χ1) is 7.29. The van der Waals surface area contributed by atoms with Gasteiger partial charge < -0.3 is 10.5 Å². The number of anilines is 1. The summed E-state index contributed by atoms with van der Waals surface area (Å²) < 4.78 is 31.2. The van der Waals surface area contributed by atoms with Gasteiger partial charge in [-0.1, -0.05) is 20.8 Å². The van der Waals surface area contributed by atoms with Crippen LogP contribution in [0.2, 0.25) is 0 Å². The van der Waals surface area contributed by atoms with E-state index in [1.54, 1.807) is 0 Å². The van der Waals surface area contributed by atoms with E-state index in [1.807, 2.05) is 0 Å². The second-order valence-electron chi connectivity index (χ2n) is 4.96. The zero-order valence-corrected chi connectivity index (χ0v) is 9.81. The van der Waals surface area contributed by atoms with Crippen molar-refractivity contribution < 1.29 is 13.5 Å². The maximum absolute atomic E-state index is 13.1. The highest BCUT2D eigenvalue weighted by atomic mass is 19.1. The van der Waals surface area contributed by atoms with E-state index in [1.165, 1.54) is 0 Å². The molecule has 0 spiro atoms. The summed E-state index contributed by atoms with van der Waals surface area (Å²) in [5, 5.41) is 0. The van der Waals surface area contributed by atoms with Gasteiger partial charge in [0.05, 0.1) is 6.61 Å². The summed E-state index contributed by atoms with van der Waals surface area (Å²) in [6, 6.07) is 1.84. The quantitative estimate of drug-likeness (QED) is 0.806. The molecule has 1 aromatic carbocycles. The molecule has 0 amide bonds. The summed E-state index contributed by atoms with van der Waals surface area (Å²) in [5.41, 5.74) is 5.40. The Morgan fingerprint density at radius 1 is 1.25 bits per heavy atom. The van der Waals surface area contributed by atoms with Gasteiger partial charge >= 0.3 is 0 Å². The third kappa shape index (κ3) is 3.68. The van der Waals surface area contributed by atoms with Gasteiger partial charge in [-0.3, -0.25) is 0 Å². The van der Waals surface area contributed by atoms with Crippen LogP contribution in [0.1, 0.15) is 27.2 Å². The van der Waals surface area contributed by atoms with Crippen LogP contribution >= 0.6 is 0 Å². The standard InChI is InChI=1S/C12H17F2NO/c1-12(2,3)4-5-16-10-7-8(13)6-9(14)11(10)15/h6-7H,4-5,15H2,1-3H3. The minimum Gasteiger partial charge on any atom is -0.491 e. The first kappa shape index (κ1) is 12.7. The second-order valence-corrected chi connectivity index (χ2v) is 4.96. The molecule has 16 heavy (non-hydrogen) atoms. The highest BCUT2D eigenvalue weighted by Crippen LogP contribution is 2.27. The van der Waals surface area contributed by atoms with E-state index in [0.29, 0.717) is 6.61 Å². The Bertz CT molecular complexity index is 372. The molecular formula is C12H17F2NO. The Morgan fingerprint density at radius 2 is 1.88 bits per heavy atom. The normalized spacial score (nSPS) is 11.6. The number of nitrogen functional groups attached to an aromatic ring is 1.